The molecule has 0 aromatic carbocycles. The number of hydrogen-bond acceptors (Lipinski definition) is 10. The monoisotopic (exact) mass is 1130 g/mol. The number of aliphatic hydroxyl groups excluding tert-OH is 5. The average molecular weight is 1130 g/mol. The first-order chi connectivity index (χ1) is 39.2. The maximum absolute atomic E-state index is 13.5. The first kappa shape index (κ1) is 75.9. The van der Waals surface area contributed by atoms with Gasteiger partial charge in [0.2, 0.25) is 5.91 Å². The van der Waals surface area contributed by atoms with Crippen molar-refractivity contribution in [1.82, 2.24) is 5.32 Å². The summed E-state index contributed by atoms with van der Waals surface area (Å²) in [6.45, 7) is 5.78. The molecule has 1 amide bonds. The lowest BCUT2D eigenvalue weighted by molar-refractivity contribution is -0.305. The molecule has 0 bridgehead atoms. The summed E-state index contributed by atoms with van der Waals surface area (Å²) < 4.78 is 17.6. The van der Waals surface area contributed by atoms with E-state index >= 15 is 0 Å². The zero-order valence-electron chi connectivity index (χ0n) is 52.2. The predicted molar refractivity (Wildman–Crippen MR) is 334 cm³/mol. The highest BCUT2D eigenvalue weighted by atomic mass is 16.7. The first-order valence-electron chi connectivity index (χ1n) is 34.3. The van der Waals surface area contributed by atoms with Gasteiger partial charge in [-0.25, -0.2) is 0 Å². The van der Waals surface area contributed by atoms with Crippen LogP contribution in [0.25, 0.3) is 0 Å². The van der Waals surface area contributed by atoms with Crippen LogP contribution in [0.3, 0.4) is 0 Å². The largest absolute Gasteiger partial charge is 0.454 e. The second-order valence-corrected chi connectivity index (χ2v) is 23.9. The minimum absolute atomic E-state index is 0.0201. The topological polar surface area (TPSA) is 175 Å². The Morgan fingerprint density at radius 2 is 0.863 bits per heavy atom. The van der Waals surface area contributed by atoms with Crippen LogP contribution in [0.15, 0.2) is 36.5 Å². The Hall–Kier alpha value is -2.12. The molecule has 0 aliphatic carbocycles. The minimum atomic E-state index is -1.63. The molecule has 8 unspecified atom stereocenters. The summed E-state index contributed by atoms with van der Waals surface area (Å²) in [5.74, 6) is -1.25. The number of nitrogens with one attached hydrogen (secondary N) is 1. The zero-order valence-corrected chi connectivity index (χ0v) is 52.2. The number of aliphatic hydroxyl groups is 5. The molecule has 6 N–H and O–H groups in total. The van der Waals surface area contributed by atoms with Gasteiger partial charge in [0.25, 0.3) is 0 Å². The van der Waals surface area contributed by atoms with E-state index in [9.17, 15) is 35.1 Å². The Kier molecular flexibility index (Phi) is 54.4. The molecular formula is C69H129NO10. The van der Waals surface area contributed by atoms with Gasteiger partial charge in [0.05, 0.1) is 25.4 Å². The Balaban J connectivity index is 2.56. The Morgan fingerprint density at radius 1 is 0.487 bits per heavy atom. The van der Waals surface area contributed by atoms with Crippen molar-refractivity contribution in [3.63, 3.8) is 0 Å². The number of carbonyl (C=O) groups is 2. The molecule has 1 rings (SSSR count). The standard InChI is InChI=1S/C69H129NO10/c1-4-7-10-13-16-19-22-25-26-27-28-29-30-31-32-33-34-35-36-37-39-41-44-47-50-53-56-62(73)68(77)70-60(61(72)55-52-49-46-43-40-24-21-18-15-12-9-6-3)59-78-69-67(66(76)65(75)63(58-71)79-69)80-64(74)57-54-51-48-45-42-38-23-20-17-14-11-8-5-2/h38,42,48,51-52,55,60-63,65-67,69,71-73,75-76H,4-37,39-41,43-47,49-50,53-54,56-59H2,1-3H3,(H,70,77)/b42-38-,51-48+,55-52+. The Bertz CT molecular complexity index is 1440. The second-order valence-electron chi connectivity index (χ2n) is 23.9. The van der Waals surface area contributed by atoms with Gasteiger partial charge >= 0.3 is 5.97 Å². The van der Waals surface area contributed by atoms with Gasteiger partial charge < -0.3 is 45.1 Å². The number of carbonyl (C=O) groups excluding carboxylic acids is 2. The van der Waals surface area contributed by atoms with E-state index in [1.807, 2.05) is 18.2 Å². The molecule has 1 fully saturated rings. The van der Waals surface area contributed by atoms with Gasteiger partial charge in [0, 0.05) is 6.42 Å². The van der Waals surface area contributed by atoms with Crippen LogP contribution >= 0.6 is 0 Å². The van der Waals surface area contributed by atoms with Gasteiger partial charge in [-0.3, -0.25) is 9.59 Å². The highest BCUT2D eigenvalue weighted by molar-refractivity contribution is 5.80. The van der Waals surface area contributed by atoms with E-state index in [0.29, 0.717) is 19.3 Å². The third-order valence-corrected chi connectivity index (χ3v) is 16.3. The summed E-state index contributed by atoms with van der Waals surface area (Å²) in [7, 11) is 0. The molecule has 8 atom stereocenters. The zero-order chi connectivity index (χ0) is 58.2. The third kappa shape index (κ3) is 44.4. The van der Waals surface area contributed by atoms with Gasteiger partial charge in [-0.1, -0.05) is 314 Å². The lowest BCUT2D eigenvalue weighted by atomic mass is 9.99. The lowest BCUT2D eigenvalue weighted by Gasteiger charge is -2.41. The molecule has 80 heavy (non-hydrogen) atoms. The van der Waals surface area contributed by atoms with Crippen LogP contribution in [-0.4, -0.2) is 99.6 Å². The quantitative estimate of drug-likeness (QED) is 0.0195. The summed E-state index contributed by atoms with van der Waals surface area (Å²) in [6.07, 6.45) is 59.4. The van der Waals surface area contributed by atoms with Crippen molar-refractivity contribution < 1.29 is 49.3 Å². The highest BCUT2D eigenvalue weighted by Crippen LogP contribution is 2.26. The highest BCUT2D eigenvalue weighted by Gasteiger charge is 2.47. The third-order valence-electron chi connectivity index (χ3n) is 16.3. The fraction of sp³-hybridized carbons (Fsp3) is 0.884. The lowest BCUT2D eigenvalue weighted by Crippen LogP contribution is -2.61. The molecule has 470 valence electrons. The van der Waals surface area contributed by atoms with Crippen LogP contribution in [0.4, 0.5) is 0 Å². The van der Waals surface area contributed by atoms with E-state index in [0.717, 1.165) is 51.4 Å². The maximum Gasteiger partial charge on any atom is 0.306 e. The van der Waals surface area contributed by atoms with Crippen LogP contribution < -0.4 is 5.32 Å². The Labute approximate surface area is 492 Å². The molecule has 1 aliphatic heterocycles. The van der Waals surface area contributed by atoms with Crippen molar-refractivity contribution in [2.45, 2.75) is 378 Å². The SMILES string of the molecule is CCCCCCCC/C=C\C/C=C/CCC(=O)OC1C(OCC(NC(=O)C(O)CCCCCCCCCCCCCCCCCCCCCCCCCCCC)C(O)/C=C/CCCCCCCCCCCC)OC(CO)C(O)C1O. The average Bonchev–Trinajstić information content (AvgIpc) is 3.45. The molecule has 0 radical (unpaired) electrons. The molecule has 11 heteroatoms. The van der Waals surface area contributed by atoms with Crippen LogP contribution in [-0.2, 0) is 23.8 Å². The number of hydrogen-bond donors (Lipinski definition) is 6. The molecule has 1 saturated heterocycles. The van der Waals surface area contributed by atoms with Gasteiger partial charge in [0.15, 0.2) is 12.4 Å². The fourth-order valence-corrected chi connectivity index (χ4v) is 10.9. The summed E-state index contributed by atoms with van der Waals surface area (Å²) in [5, 5.41) is 57.0. The number of ether oxygens (including phenoxy) is 3. The first-order valence-corrected chi connectivity index (χ1v) is 34.3. The molecule has 1 heterocycles. The van der Waals surface area contributed by atoms with E-state index in [4.69, 9.17) is 14.2 Å². The van der Waals surface area contributed by atoms with Crippen LogP contribution in [0, 0.1) is 0 Å². The summed E-state index contributed by atoms with van der Waals surface area (Å²) in [6, 6.07) is -1.03. The predicted octanol–water partition coefficient (Wildman–Crippen LogP) is 17.0. The summed E-state index contributed by atoms with van der Waals surface area (Å²) in [5.41, 5.74) is 0. The van der Waals surface area contributed by atoms with Crippen LogP contribution in [0.5, 0.6) is 0 Å². The van der Waals surface area contributed by atoms with Gasteiger partial charge in [0.1, 0.15) is 24.4 Å². The number of unbranched alkanes of at least 4 members (excludes halogenated alkanes) is 41. The molecule has 0 spiro atoms. The number of rotatable bonds is 59. The number of allylic oxidation sites excluding steroid dienone is 5. The van der Waals surface area contributed by atoms with Crippen molar-refractivity contribution in [3.05, 3.63) is 36.5 Å². The van der Waals surface area contributed by atoms with Crippen LogP contribution in [0.2, 0.25) is 0 Å². The maximum atomic E-state index is 13.5. The van der Waals surface area contributed by atoms with Crippen molar-refractivity contribution in [3.8, 4) is 0 Å². The van der Waals surface area contributed by atoms with Crippen molar-refractivity contribution in [2.24, 2.45) is 0 Å². The van der Waals surface area contributed by atoms with Gasteiger partial charge in [-0.05, 0) is 44.9 Å². The number of esters is 1. The second kappa shape index (κ2) is 57.3. The Morgan fingerprint density at radius 3 is 1.27 bits per heavy atom. The van der Waals surface area contributed by atoms with E-state index in [1.165, 1.54) is 231 Å². The van der Waals surface area contributed by atoms with Gasteiger partial charge in [-0.15, -0.1) is 0 Å². The molecule has 0 aromatic rings. The number of amides is 1. The van der Waals surface area contributed by atoms with E-state index in [1.54, 1.807) is 6.08 Å². The molecular weight excluding hydrogens is 1000 g/mol. The minimum Gasteiger partial charge on any atom is -0.454 e. The van der Waals surface area contributed by atoms with Crippen molar-refractivity contribution in [2.75, 3.05) is 13.2 Å². The summed E-state index contributed by atoms with van der Waals surface area (Å²) in [4.78, 5) is 26.5. The van der Waals surface area contributed by atoms with Gasteiger partial charge in [-0.2, -0.15) is 0 Å². The molecule has 0 saturated carbocycles. The fourth-order valence-electron chi connectivity index (χ4n) is 10.9. The molecule has 1 aliphatic rings. The van der Waals surface area contributed by atoms with Crippen molar-refractivity contribution >= 4 is 11.9 Å². The molecule has 11 nitrogen and oxygen atoms in total. The normalized spacial score (nSPS) is 18.9. The smallest absolute Gasteiger partial charge is 0.306 e. The van der Waals surface area contributed by atoms with E-state index in [-0.39, 0.29) is 13.0 Å². The van der Waals surface area contributed by atoms with E-state index in [2.05, 4.69) is 38.2 Å². The molecule has 0 aromatic heterocycles. The van der Waals surface area contributed by atoms with E-state index < -0.39 is 67.4 Å². The van der Waals surface area contributed by atoms with Crippen LogP contribution in [0.1, 0.15) is 329 Å². The summed E-state index contributed by atoms with van der Waals surface area (Å²) >= 11 is 0. The van der Waals surface area contributed by atoms with Crippen molar-refractivity contribution in [1.29, 1.82) is 0 Å².